The molecule has 17 heavy (non-hydrogen) atoms. The molecule has 1 unspecified atom stereocenters. The summed E-state index contributed by atoms with van der Waals surface area (Å²) in [5, 5.41) is 3.30. The molecule has 0 aromatic carbocycles. The molecule has 0 saturated carbocycles. The van der Waals surface area contributed by atoms with Gasteiger partial charge in [-0.2, -0.15) is 0 Å². The summed E-state index contributed by atoms with van der Waals surface area (Å²) in [6.07, 6.45) is 4.39. The van der Waals surface area contributed by atoms with Crippen molar-refractivity contribution in [1.82, 2.24) is 10.3 Å². The van der Waals surface area contributed by atoms with Gasteiger partial charge in [-0.3, -0.25) is 9.78 Å². The minimum Gasteiger partial charge on any atom is -0.309 e. The minimum atomic E-state index is -0.0467. The Morgan fingerprint density at radius 3 is 2.94 bits per heavy atom. The van der Waals surface area contributed by atoms with Crippen molar-refractivity contribution in [3.8, 4) is 0 Å². The summed E-state index contributed by atoms with van der Waals surface area (Å²) >= 11 is 0. The van der Waals surface area contributed by atoms with Gasteiger partial charge in [0.25, 0.3) is 0 Å². The Morgan fingerprint density at radius 2 is 2.29 bits per heavy atom. The summed E-state index contributed by atoms with van der Waals surface area (Å²) in [7, 11) is 0. The first kappa shape index (κ1) is 12.0. The van der Waals surface area contributed by atoms with Gasteiger partial charge in [0.15, 0.2) is 0 Å². The Balaban J connectivity index is 2.15. The van der Waals surface area contributed by atoms with Gasteiger partial charge in [-0.1, -0.05) is 13.8 Å². The minimum absolute atomic E-state index is 0.0467. The molecule has 2 heterocycles. The molecule has 1 aromatic rings. The predicted molar refractivity (Wildman–Crippen MR) is 68.0 cm³/mol. The molecular weight excluding hydrogens is 214 g/mol. The third-order valence-electron chi connectivity index (χ3n) is 3.04. The number of amides is 1. The van der Waals surface area contributed by atoms with Crippen molar-refractivity contribution >= 4 is 11.6 Å². The van der Waals surface area contributed by atoms with Crippen molar-refractivity contribution in [2.75, 3.05) is 11.4 Å². The fourth-order valence-electron chi connectivity index (χ4n) is 2.21. The summed E-state index contributed by atoms with van der Waals surface area (Å²) in [6.45, 7) is 6.90. The Hall–Kier alpha value is -1.42. The van der Waals surface area contributed by atoms with Gasteiger partial charge in [-0.05, 0) is 25.0 Å². The maximum atomic E-state index is 12.2. The second-order valence-corrected chi connectivity index (χ2v) is 4.81. The van der Waals surface area contributed by atoms with E-state index in [-0.39, 0.29) is 11.9 Å². The zero-order valence-corrected chi connectivity index (χ0v) is 10.6. The van der Waals surface area contributed by atoms with Gasteiger partial charge < -0.3 is 10.2 Å². The van der Waals surface area contributed by atoms with Crippen LogP contribution in [0.2, 0.25) is 0 Å². The molecule has 0 spiro atoms. The van der Waals surface area contributed by atoms with Crippen LogP contribution in [0.5, 0.6) is 0 Å². The van der Waals surface area contributed by atoms with Crippen molar-refractivity contribution in [3.63, 3.8) is 0 Å². The van der Waals surface area contributed by atoms with E-state index in [4.69, 9.17) is 0 Å². The molecule has 1 amide bonds. The lowest BCUT2D eigenvalue weighted by atomic mass is 10.2. The first-order valence-corrected chi connectivity index (χ1v) is 6.07. The monoisotopic (exact) mass is 233 g/mol. The van der Waals surface area contributed by atoms with E-state index in [1.165, 1.54) is 0 Å². The Kier molecular flexibility index (Phi) is 3.43. The number of hydrogen-bond acceptors (Lipinski definition) is 3. The maximum Gasteiger partial charge on any atom is 0.244 e. The molecule has 4 heteroatoms. The number of aromatic nitrogens is 1. The summed E-state index contributed by atoms with van der Waals surface area (Å²) in [5.74, 6) is 0.162. The van der Waals surface area contributed by atoms with Gasteiger partial charge in [-0.25, -0.2) is 0 Å². The molecule has 0 aliphatic carbocycles. The molecular formula is C13H19N3O. The maximum absolute atomic E-state index is 12.2. The number of hydrogen-bond donors (Lipinski definition) is 1. The molecule has 1 atom stereocenters. The molecule has 1 aliphatic heterocycles. The van der Waals surface area contributed by atoms with E-state index in [0.717, 1.165) is 24.2 Å². The number of carbonyl (C=O) groups is 1. The molecule has 1 fully saturated rings. The number of nitrogens with zero attached hydrogens (tertiary/aromatic N) is 2. The molecule has 4 nitrogen and oxygen atoms in total. The van der Waals surface area contributed by atoms with Gasteiger partial charge in [0, 0.05) is 18.8 Å². The smallest absolute Gasteiger partial charge is 0.244 e. The van der Waals surface area contributed by atoms with Gasteiger partial charge >= 0.3 is 0 Å². The van der Waals surface area contributed by atoms with Crippen LogP contribution < -0.4 is 10.2 Å². The average Bonchev–Trinajstić information content (AvgIpc) is 2.61. The topological polar surface area (TPSA) is 45.2 Å². The van der Waals surface area contributed by atoms with Gasteiger partial charge in [0.05, 0.1) is 17.9 Å². The molecule has 1 saturated heterocycles. The van der Waals surface area contributed by atoms with Crippen LogP contribution in [0.4, 0.5) is 5.69 Å². The van der Waals surface area contributed by atoms with Crippen molar-refractivity contribution in [3.05, 3.63) is 24.0 Å². The second-order valence-electron chi connectivity index (χ2n) is 4.81. The average molecular weight is 233 g/mol. The molecule has 2 rings (SSSR count). The highest BCUT2D eigenvalue weighted by Crippen LogP contribution is 2.24. The van der Waals surface area contributed by atoms with E-state index >= 15 is 0 Å². The number of pyridine rings is 1. The van der Waals surface area contributed by atoms with E-state index < -0.39 is 0 Å². The largest absolute Gasteiger partial charge is 0.309 e. The number of nitrogens with one attached hydrogen (secondary N) is 1. The fourth-order valence-corrected chi connectivity index (χ4v) is 2.21. The van der Waals surface area contributed by atoms with Crippen molar-refractivity contribution in [2.45, 2.75) is 39.3 Å². The molecule has 1 aromatic heterocycles. The van der Waals surface area contributed by atoms with E-state index in [1.54, 1.807) is 12.4 Å². The predicted octanol–water partition coefficient (Wildman–Crippen LogP) is 1.49. The fraction of sp³-hybridized carbons (Fsp3) is 0.538. The van der Waals surface area contributed by atoms with Crippen molar-refractivity contribution in [2.24, 2.45) is 0 Å². The van der Waals surface area contributed by atoms with Crippen molar-refractivity contribution < 1.29 is 4.79 Å². The molecule has 92 valence electrons. The Morgan fingerprint density at radius 1 is 1.53 bits per heavy atom. The van der Waals surface area contributed by atoms with E-state index in [9.17, 15) is 4.79 Å². The zero-order valence-electron chi connectivity index (χ0n) is 10.6. The quantitative estimate of drug-likeness (QED) is 0.860. The van der Waals surface area contributed by atoms with E-state index in [0.29, 0.717) is 6.04 Å². The lowest BCUT2D eigenvalue weighted by Gasteiger charge is -2.19. The normalized spacial score (nSPS) is 20.4. The van der Waals surface area contributed by atoms with Crippen LogP contribution in [0.3, 0.4) is 0 Å². The van der Waals surface area contributed by atoms with Gasteiger partial charge in [0.1, 0.15) is 0 Å². The van der Waals surface area contributed by atoms with Gasteiger partial charge in [0.2, 0.25) is 5.91 Å². The third-order valence-corrected chi connectivity index (χ3v) is 3.04. The second kappa shape index (κ2) is 4.84. The number of aryl methyl sites for hydroxylation is 1. The van der Waals surface area contributed by atoms with Crippen LogP contribution in [0.15, 0.2) is 18.5 Å². The van der Waals surface area contributed by atoms with Crippen LogP contribution in [-0.4, -0.2) is 29.5 Å². The molecule has 1 N–H and O–H groups in total. The summed E-state index contributed by atoms with van der Waals surface area (Å²) in [5.41, 5.74) is 2.03. The Labute approximate surface area is 102 Å². The van der Waals surface area contributed by atoms with Crippen molar-refractivity contribution in [1.29, 1.82) is 0 Å². The highest BCUT2D eigenvalue weighted by molar-refractivity contribution is 5.99. The van der Waals surface area contributed by atoms with E-state index in [2.05, 4.69) is 24.1 Å². The summed E-state index contributed by atoms with van der Waals surface area (Å²) < 4.78 is 0. The summed E-state index contributed by atoms with van der Waals surface area (Å²) in [4.78, 5) is 18.2. The number of anilines is 1. The first-order chi connectivity index (χ1) is 8.09. The molecule has 1 aliphatic rings. The zero-order chi connectivity index (χ0) is 12.4. The van der Waals surface area contributed by atoms with Crippen LogP contribution >= 0.6 is 0 Å². The number of carbonyl (C=O) groups excluding carboxylic acids is 1. The van der Waals surface area contributed by atoms with Crippen LogP contribution in [0.1, 0.15) is 25.8 Å². The summed E-state index contributed by atoms with van der Waals surface area (Å²) in [6, 6.07) is 2.22. The number of rotatable bonds is 3. The molecule has 0 bridgehead atoms. The van der Waals surface area contributed by atoms with Crippen LogP contribution in [0.25, 0.3) is 0 Å². The highest BCUT2D eigenvalue weighted by atomic mass is 16.2. The van der Waals surface area contributed by atoms with Crippen LogP contribution in [0, 0.1) is 6.92 Å². The molecule has 0 radical (unpaired) electrons. The lowest BCUT2D eigenvalue weighted by Crippen LogP contribution is -2.41. The van der Waals surface area contributed by atoms with Gasteiger partial charge in [-0.15, -0.1) is 0 Å². The highest BCUT2D eigenvalue weighted by Gasteiger charge is 2.33. The standard InChI is InChI=1S/C13H19N3O/c1-9(2)15-11-5-7-16(13(11)17)12-8-14-6-4-10(12)3/h4,6,8-9,11,15H,5,7H2,1-3H3. The lowest BCUT2D eigenvalue weighted by molar-refractivity contribution is -0.118. The third kappa shape index (κ3) is 2.47. The Bertz CT molecular complexity index is 417. The first-order valence-electron chi connectivity index (χ1n) is 6.07. The van der Waals surface area contributed by atoms with Crippen LogP contribution in [-0.2, 0) is 4.79 Å². The SMILES string of the molecule is Cc1ccncc1N1CCC(NC(C)C)C1=O. The van der Waals surface area contributed by atoms with E-state index in [1.807, 2.05) is 17.9 Å².